The van der Waals surface area contributed by atoms with E-state index in [1.54, 1.807) is 12.1 Å². The number of nitrogens with one attached hydrogen (secondary N) is 1. The number of rotatable bonds is 5. The van der Waals surface area contributed by atoms with Crippen molar-refractivity contribution in [3.05, 3.63) is 64.9 Å². The highest BCUT2D eigenvalue weighted by molar-refractivity contribution is 6.30. The maximum Gasteiger partial charge on any atom is 0.143 e. The first-order valence-corrected chi connectivity index (χ1v) is 6.82. The third kappa shape index (κ3) is 3.97. The van der Waals surface area contributed by atoms with Gasteiger partial charge in [-0.05, 0) is 36.6 Å². The first-order valence-electron chi connectivity index (χ1n) is 6.44. The van der Waals surface area contributed by atoms with Crippen LogP contribution in [0, 0.1) is 5.82 Å². The fourth-order valence-corrected chi connectivity index (χ4v) is 2.14. The molecule has 0 aromatic heterocycles. The highest BCUT2D eigenvalue weighted by atomic mass is 35.5. The lowest BCUT2D eigenvalue weighted by atomic mass is 10.0. The van der Waals surface area contributed by atoms with E-state index in [1.807, 2.05) is 18.2 Å². The zero-order valence-corrected chi connectivity index (χ0v) is 11.6. The summed E-state index contributed by atoms with van der Waals surface area (Å²) in [6.45, 7) is 2.12. The van der Waals surface area contributed by atoms with Gasteiger partial charge in [0.05, 0.1) is 5.02 Å². The molecule has 0 aliphatic heterocycles. The molecule has 0 aliphatic rings. The summed E-state index contributed by atoms with van der Waals surface area (Å²) in [4.78, 5) is 0. The summed E-state index contributed by atoms with van der Waals surface area (Å²) in [5.41, 5.74) is 2.04. The predicted octanol–water partition coefficient (Wildman–Crippen LogP) is 4.91. The second-order valence-electron chi connectivity index (χ2n) is 4.57. The molecule has 0 aliphatic carbocycles. The van der Waals surface area contributed by atoms with Gasteiger partial charge in [0.2, 0.25) is 0 Å². The topological polar surface area (TPSA) is 12.0 Å². The molecule has 0 radical (unpaired) electrons. The lowest BCUT2D eigenvalue weighted by molar-refractivity contribution is 0.627. The van der Waals surface area contributed by atoms with E-state index in [9.17, 15) is 4.39 Å². The summed E-state index contributed by atoms with van der Waals surface area (Å²) < 4.78 is 13.4. The highest BCUT2D eigenvalue weighted by Crippen LogP contribution is 2.20. The van der Waals surface area contributed by atoms with E-state index >= 15 is 0 Å². The zero-order chi connectivity index (χ0) is 13.7. The molecule has 1 nitrogen and oxygen atoms in total. The molecule has 1 unspecified atom stereocenters. The largest absolute Gasteiger partial charge is 0.382 e. The van der Waals surface area contributed by atoms with Gasteiger partial charge in [-0.2, -0.15) is 0 Å². The maximum atomic E-state index is 13.4. The van der Waals surface area contributed by atoms with E-state index in [2.05, 4.69) is 24.4 Å². The number of halogens is 2. The van der Waals surface area contributed by atoms with E-state index in [1.165, 1.54) is 11.6 Å². The molecular formula is C16H17ClFN. The van der Waals surface area contributed by atoms with E-state index in [0.29, 0.717) is 0 Å². The van der Waals surface area contributed by atoms with Gasteiger partial charge in [0, 0.05) is 11.7 Å². The monoisotopic (exact) mass is 277 g/mol. The van der Waals surface area contributed by atoms with Crippen LogP contribution in [-0.4, -0.2) is 6.04 Å². The van der Waals surface area contributed by atoms with Crippen molar-refractivity contribution in [3.63, 3.8) is 0 Å². The minimum Gasteiger partial charge on any atom is -0.382 e. The van der Waals surface area contributed by atoms with Gasteiger partial charge in [-0.1, -0.05) is 48.9 Å². The zero-order valence-electron chi connectivity index (χ0n) is 10.9. The molecule has 0 saturated heterocycles. The Morgan fingerprint density at radius 1 is 1.16 bits per heavy atom. The van der Waals surface area contributed by atoms with Crippen LogP contribution >= 0.6 is 11.6 Å². The first-order chi connectivity index (χ1) is 9.19. The Balaban J connectivity index is 2.04. The Kier molecular flexibility index (Phi) is 4.80. The van der Waals surface area contributed by atoms with E-state index in [4.69, 9.17) is 11.6 Å². The predicted molar refractivity (Wildman–Crippen MR) is 79.3 cm³/mol. The average Bonchev–Trinajstić information content (AvgIpc) is 2.43. The molecule has 2 aromatic carbocycles. The van der Waals surface area contributed by atoms with Crippen molar-refractivity contribution in [2.75, 3.05) is 5.32 Å². The molecule has 0 saturated carbocycles. The summed E-state index contributed by atoms with van der Waals surface area (Å²) in [6.07, 6.45) is 1.89. The fraction of sp³-hybridized carbons (Fsp3) is 0.250. The van der Waals surface area contributed by atoms with Crippen LogP contribution in [0.15, 0.2) is 48.5 Å². The molecular weight excluding hydrogens is 261 g/mol. The van der Waals surface area contributed by atoms with Gasteiger partial charge in [0.1, 0.15) is 5.82 Å². The summed E-state index contributed by atoms with van der Waals surface area (Å²) in [7, 11) is 0. The Hall–Kier alpha value is -1.54. The van der Waals surface area contributed by atoms with Gasteiger partial charge in [-0.25, -0.2) is 4.39 Å². The van der Waals surface area contributed by atoms with Gasteiger partial charge in [-0.15, -0.1) is 0 Å². The van der Waals surface area contributed by atoms with Gasteiger partial charge in [0.25, 0.3) is 0 Å². The van der Waals surface area contributed by atoms with E-state index in [-0.39, 0.29) is 16.9 Å². The third-order valence-corrected chi connectivity index (χ3v) is 3.41. The number of anilines is 1. The van der Waals surface area contributed by atoms with Crippen molar-refractivity contribution >= 4 is 17.3 Å². The van der Waals surface area contributed by atoms with E-state index in [0.717, 1.165) is 18.5 Å². The Morgan fingerprint density at radius 3 is 2.53 bits per heavy atom. The van der Waals surface area contributed by atoms with Crippen molar-refractivity contribution in [2.24, 2.45) is 0 Å². The number of hydrogen-bond acceptors (Lipinski definition) is 1. The van der Waals surface area contributed by atoms with Crippen molar-refractivity contribution in [2.45, 2.75) is 25.8 Å². The molecule has 2 aromatic rings. The van der Waals surface area contributed by atoms with Gasteiger partial charge < -0.3 is 5.32 Å². The number of hydrogen-bond donors (Lipinski definition) is 1. The summed E-state index contributed by atoms with van der Waals surface area (Å²) in [5.74, 6) is -0.388. The van der Waals surface area contributed by atoms with Crippen LogP contribution in [0.25, 0.3) is 0 Å². The van der Waals surface area contributed by atoms with Crippen LogP contribution in [0.4, 0.5) is 10.1 Å². The third-order valence-electron chi connectivity index (χ3n) is 3.11. The second kappa shape index (κ2) is 6.58. The van der Waals surface area contributed by atoms with Crippen molar-refractivity contribution in [1.82, 2.24) is 0 Å². The quantitative estimate of drug-likeness (QED) is 0.818. The first kappa shape index (κ1) is 13.9. The summed E-state index contributed by atoms with van der Waals surface area (Å²) >= 11 is 5.68. The normalized spacial score (nSPS) is 12.2. The smallest absolute Gasteiger partial charge is 0.143 e. The minimum atomic E-state index is -0.388. The van der Waals surface area contributed by atoms with Gasteiger partial charge in [-0.3, -0.25) is 0 Å². The van der Waals surface area contributed by atoms with E-state index < -0.39 is 0 Å². The molecule has 0 heterocycles. The van der Waals surface area contributed by atoms with Crippen LogP contribution in [-0.2, 0) is 6.42 Å². The highest BCUT2D eigenvalue weighted by Gasteiger charge is 2.08. The Morgan fingerprint density at radius 2 is 1.89 bits per heavy atom. The van der Waals surface area contributed by atoms with Crippen LogP contribution in [0.5, 0.6) is 0 Å². The molecule has 3 heteroatoms. The summed E-state index contributed by atoms with van der Waals surface area (Å²) in [6, 6.07) is 15.4. The fourth-order valence-electron chi connectivity index (χ4n) is 2.02. The number of benzene rings is 2. The van der Waals surface area contributed by atoms with Gasteiger partial charge >= 0.3 is 0 Å². The minimum absolute atomic E-state index is 0.154. The lowest BCUT2D eigenvalue weighted by Gasteiger charge is -2.18. The molecule has 2 rings (SSSR count). The molecule has 1 N–H and O–H groups in total. The standard InChI is InChI=1S/C16H17ClFN/c1-2-13(10-12-6-4-3-5-7-12)19-14-8-9-15(17)16(18)11-14/h3-9,11,13,19H,2,10H2,1H3. The van der Waals surface area contributed by atoms with Crippen molar-refractivity contribution in [3.8, 4) is 0 Å². The van der Waals surface area contributed by atoms with Crippen LogP contribution in [0.1, 0.15) is 18.9 Å². The molecule has 19 heavy (non-hydrogen) atoms. The average molecular weight is 278 g/mol. The second-order valence-corrected chi connectivity index (χ2v) is 4.98. The lowest BCUT2D eigenvalue weighted by Crippen LogP contribution is -2.21. The molecule has 0 bridgehead atoms. The van der Waals surface area contributed by atoms with Gasteiger partial charge in [0.15, 0.2) is 0 Å². The van der Waals surface area contributed by atoms with Crippen molar-refractivity contribution in [1.29, 1.82) is 0 Å². The summed E-state index contributed by atoms with van der Waals surface area (Å²) in [5, 5.41) is 3.50. The molecule has 0 amide bonds. The van der Waals surface area contributed by atoms with Crippen LogP contribution in [0.2, 0.25) is 5.02 Å². The molecule has 0 fully saturated rings. The molecule has 100 valence electrons. The maximum absolute atomic E-state index is 13.4. The SMILES string of the molecule is CCC(Cc1ccccc1)Nc1ccc(Cl)c(F)c1. The molecule has 1 atom stereocenters. The Labute approximate surface area is 118 Å². The Bertz CT molecular complexity index is 528. The van der Waals surface area contributed by atoms with Crippen LogP contribution in [0.3, 0.4) is 0 Å². The van der Waals surface area contributed by atoms with Crippen LogP contribution < -0.4 is 5.32 Å². The van der Waals surface area contributed by atoms with Crippen molar-refractivity contribution < 1.29 is 4.39 Å². The molecule has 0 spiro atoms.